The van der Waals surface area contributed by atoms with Crippen molar-refractivity contribution in [2.75, 3.05) is 19.7 Å². The minimum absolute atomic E-state index is 0.0648. The van der Waals surface area contributed by atoms with Gasteiger partial charge >= 0.3 is 0 Å². The second-order valence-corrected chi connectivity index (χ2v) is 4.38. The van der Waals surface area contributed by atoms with E-state index in [2.05, 4.69) is 19.2 Å². The molecule has 0 saturated carbocycles. The Labute approximate surface area is 79.8 Å². The van der Waals surface area contributed by atoms with E-state index in [0.717, 1.165) is 32.5 Å². The zero-order valence-electron chi connectivity index (χ0n) is 8.51. The molecule has 13 heavy (non-hydrogen) atoms. The highest BCUT2D eigenvalue weighted by molar-refractivity contribution is 4.92. The topological polar surface area (TPSA) is 30.5 Å². The summed E-state index contributed by atoms with van der Waals surface area (Å²) in [5.41, 5.74) is 0.0648. The Morgan fingerprint density at radius 2 is 2.15 bits per heavy atom. The van der Waals surface area contributed by atoms with Gasteiger partial charge in [0.05, 0.1) is 17.8 Å². The van der Waals surface area contributed by atoms with Gasteiger partial charge in [0.25, 0.3) is 0 Å². The fourth-order valence-corrected chi connectivity index (χ4v) is 2.41. The van der Waals surface area contributed by atoms with Crippen molar-refractivity contribution in [1.82, 2.24) is 5.32 Å². The van der Waals surface area contributed by atoms with Gasteiger partial charge in [-0.05, 0) is 13.8 Å². The van der Waals surface area contributed by atoms with Crippen LogP contribution in [0.4, 0.5) is 0 Å². The van der Waals surface area contributed by atoms with E-state index in [1.165, 1.54) is 0 Å². The molecule has 2 saturated heterocycles. The van der Waals surface area contributed by atoms with Gasteiger partial charge < -0.3 is 14.8 Å². The van der Waals surface area contributed by atoms with Crippen molar-refractivity contribution in [3.8, 4) is 0 Å². The summed E-state index contributed by atoms with van der Waals surface area (Å²) in [5, 5.41) is 3.44. The molecule has 3 heteroatoms. The molecule has 0 aromatic carbocycles. The molecule has 2 aliphatic rings. The molecule has 76 valence electrons. The molecule has 3 atom stereocenters. The Balaban J connectivity index is 2.00. The van der Waals surface area contributed by atoms with Crippen molar-refractivity contribution in [2.24, 2.45) is 0 Å². The van der Waals surface area contributed by atoms with Gasteiger partial charge in [0.1, 0.15) is 0 Å². The lowest BCUT2D eigenvalue weighted by molar-refractivity contribution is -0.169. The van der Waals surface area contributed by atoms with Crippen LogP contribution in [0.2, 0.25) is 0 Å². The molecule has 0 aliphatic carbocycles. The first-order valence-corrected chi connectivity index (χ1v) is 5.20. The minimum atomic E-state index is 0.0648. The van der Waals surface area contributed by atoms with Gasteiger partial charge in [0, 0.05) is 32.5 Å². The summed E-state index contributed by atoms with van der Waals surface area (Å²) in [6.07, 6.45) is 2.76. The number of morpholine rings is 1. The van der Waals surface area contributed by atoms with Crippen molar-refractivity contribution < 1.29 is 9.47 Å². The highest BCUT2D eigenvalue weighted by Crippen LogP contribution is 2.30. The van der Waals surface area contributed by atoms with Crippen LogP contribution in [-0.4, -0.2) is 37.5 Å². The van der Waals surface area contributed by atoms with E-state index < -0.39 is 0 Å². The number of hydrogen-bond donors (Lipinski definition) is 1. The molecule has 2 heterocycles. The summed E-state index contributed by atoms with van der Waals surface area (Å²) >= 11 is 0. The normalized spacial score (nSPS) is 46.6. The molecule has 2 aliphatic heterocycles. The van der Waals surface area contributed by atoms with Gasteiger partial charge in [-0.15, -0.1) is 0 Å². The van der Waals surface area contributed by atoms with Crippen LogP contribution in [0.15, 0.2) is 0 Å². The van der Waals surface area contributed by atoms with E-state index in [9.17, 15) is 0 Å². The maximum atomic E-state index is 6.04. The monoisotopic (exact) mass is 185 g/mol. The van der Waals surface area contributed by atoms with Crippen LogP contribution in [0.3, 0.4) is 0 Å². The number of nitrogens with one attached hydrogen (secondary N) is 1. The van der Waals surface area contributed by atoms with Crippen molar-refractivity contribution in [3.05, 3.63) is 0 Å². The first-order chi connectivity index (χ1) is 6.20. The highest BCUT2D eigenvalue weighted by Gasteiger charge is 2.39. The summed E-state index contributed by atoms with van der Waals surface area (Å²) in [6.45, 7) is 7.08. The molecule has 1 spiro atoms. The van der Waals surface area contributed by atoms with Crippen molar-refractivity contribution >= 4 is 0 Å². The number of hydrogen-bond acceptors (Lipinski definition) is 3. The molecule has 0 aromatic heterocycles. The smallest absolute Gasteiger partial charge is 0.0856 e. The van der Waals surface area contributed by atoms with E-state index in [1.807, 2.05) is 0 Å². The van der Waals surface area contributed by atoms with Crippen LogP contribution in [-0.2, 0) is 9.47 Å². The third-order valence-corrected chi connectivity index (χ3v) is 2.95. The molecular weight excluding hydrogens is 166 g/mol. The van der Waals surface area contributed by atoms with Crippen LogP contribution in [0.5, 0.6) is 0 Å². The third-order valence-electron chi connectivity index (χ3n) is 2.95. The zero-order valence-corrected chi connectivity index (χ0v) is 8.51. The second kappa shape index (κ2) is 3.56. The standard InChI is InChI=1S/C10H19NO2/c1-8-5-10(3-4-12-8)7-11-6-9(2)13-10/h8-9,11H,3-7H2,1-2H3. The Bertz CT molecular complexity index is 164. The van der Waals surface area contributed by atoms with Crippen LogP contribution >= 0.6 is 0 Å². The summed E-state index contributed by atoms with van der Waals surface area (Å²) in [5.74, 6) is 0. The number of rotatable bonds is 0. The van der Waals surface area contributed by atoms with E-state index in [4.69, 9.17) is 9.47 Å². The molecular formula is C10H19NO2. The van der Waals surface area contributed by atoms with Gasteiger partial charge in [-0.3, -0.25) is 0 Å². The molecule has 0 bridgehead atoms. The van der Waals surface area contributed by atoms with Crippen molar-refractivity contribution in [1.29, 1.82) is 0 Å². The predicted molar refractivity (Wildman–Crippen MR) is 50.8 cm³/mol. The fraction of sp³-hybridized carbons (Fsp3) is 1.00. The van der Waals surface area contributed by atoms with Crippen LogP contribution in [0, 0.1) is 0 Å². The lowest BCUT2D eigenvalue weighted by Crippen LogP contribution is -2.56. The summed E-state index contributed by atoms with van der Waals surface area (Å²) in [7, 11) is 0. The third kappa shape index (κ3) is 2.03. The molecule has 2 fully saturated rings. The quantitative estimate of drug-likeness (QED) is 0.609. The first kappa shape index (κ1) is 9.44. The Morgan fingerprint density at radius 1 is 1.31 bits per heavy atom. The second-order valence-electron chi connectivity index (χ2n) is 4.38. The summed E-state index contributed by atoms with van der Waals surface area (Å²) < 4.78 is 11.6. The maximum Gasteiger partial charge on any atom is 0.0856 e. The van der Waals surface area contributed by atoms with Gasteiger partial charge in [0.2, 0.25) is 0 Å². The highest BCUT2D eigenvalue weighted by atomic mass is 16.5. The molecule has 2 rings (SSSR count). The molecule has 0 aromatic rings. The summed E-state index contributed by atoms with van der Waals surface area (Å²) in [4.78, 5) is 0. The van der Waals surface area contributed by atoms with E-state index >= 15 is 0 Å². The average molecular weight is 185 g/mol. The largest absolute Gasteiger partial charge is 0.378 e. The lowest BCUT2D eigenvalue weighted by atomic mass is 9.89. The Kier molecular flexibility index (Phi) is 2.58. The maximum absolute atomic E-state index is 6.04. The van der Waals surface area contributed by atoms with Gasteiger partial charge in [-0.1, -0.05) is 0 Å². The van der Waals surface area contributed by atoms with Gasteiger partial charge in [-0.25, -0.2) is 0 Å². The van der Waals surface area contributed by atoms with Crippen molar-refractivity contribution in [3.63, 3.8) is 0 Å². The Hall–Kier alpha value is -0.120. The van der Waals surface area contributed by atoms with E-state index in [-0.39, 0.29) is 5.60 Å². The zero-order chi connectivity index (χ0) is 9.31. The van der Waals surface area contributed by atoms with E-state index in [0.29, 0.717) is 12.2 Å². The lowest BCUT2D eigenvalue weighted by Gasteiger charge is -2.45. The van der Waals surface area contributed by atoms with Crippen LogP contribution < -0.4 is 5.32 Å². The van der Waals surface area contributed by atoms with E-state index in [1.54, 1.807) is 0 Å². The van der Waals surface area contributed by atoms with Gasteiger partial charge in [0.15, 0.2) is 0 Å². The molecule has 0 radical (unpaired) electrons. The molecule has 1 N–H and O–H groups in total. The predicted octanol–water partition coefficient (Wildman–Crippen LogP) is 0.932. The SMILES string of the molecule is CC1CC2(CCO1)CNCC(C)O2. The van der Waals surface area contributed by atoms with Crippen LogP contribution in [0.25, 0.3) is 0 Å². The van der Waals surface area contributed by atoms with Crippen molar-refractivity contribution in [2.45, 2.75) is 44.5 Å². The molecule has 3 unspecified atom stereocenters. The fourth-order valence-electron chi connectivity index (χ4n) is 2.41. The number of ether oxygens (including phenoxy) is 2. The average Bonchev–Trinajstić information content (AvgIpc) is 2.02. The van der Waals surface area contributed by atoms with Gasteiger partial charge in [-0.2, -0.15) is 0 Å². The van der Waals surface area contributed by atoms with Crippen LogP contribution in [0.1, 0.15) is 26.7 Å². The molecule has 3 nitrogen and oxygen atoms in total. The summed E-state index contributed by atoms with van der Waals surface area (Å²) in [6, 6.07) is 0. The molecule has 0 amide bonds. The first-order valence-electron chi connectivity index (χ1n) is 5.20. The minimum Gasteiger partial charge on any atom is -0.378 e. The Morgan fingerprint density at radius 3 is 2.85 bits per heavy atom.